The predicted octanol–water partition coefficient (Wildman–Crippen LogP) is 3.14. The van der Waals surface area contributed by atoms with Crippen molar-refractivity contribution in [3.05, 3.63) is 66.0 Å². The normalized spacial score (nSPS) is 10.6. The molecule has 5 nitrogen and oxygen atoms in total. The number of carbonyl (C=O) groups excluding carboxylic acids is 1. The number of carbonyl (C=O) groups is 1. The van der Waals surface area contributed by atoms with Gasteiger partial charge in [0.05, 0.1) is 13.1 Å². The van der Waals surface area contributed by atoms with Crippen molar-refractivity contribution in [1.29, 1.82) is 0 Å². The van der Waals surface area contributed by atoms with E-state index in [0.717, 1.165) is 5.69 Å². The molecule has 0 heterocycles. The molecule has 0 radical (unpaired) electrons. The van der Waals surface area contributed by atoms with Crippen LogP contribution in [0.25, 0.3) is 0 Å². The zero-order valence-electron chi connectivity index (χ0n) is 14.0. The van der Waals surface area contributed by atoms with Crippen molar-refractivity contribution < 1.29 is 9.18 Å². The molecular weight excluding hydrogens is 434 g/mol. The highest BCUT2D eigenvalue weighted by atomic mass is 127. The number of anilines is 1. The highest BCUT2D eigenvalue weighted by molar-refractivity contribution is 14.0. The molecule has 134 valence electrons. The van der Waals surface area contributed by atoms with Gasteiger partial charge in [0.25, 0.3) is 0 Å². The minimum absolute atomic E-state index is 0. The number of rotatable bonds is 6. The van der Waals surface area contributed by atoms with Crippen molar-refractivity contribution in [3.63, 3.8) is 0 Å². The van der Waals surface area contributed by atoms with Crippen LogP contribution >= 0.6 is 24.0 Å². The van der Waals surface area contributed by atoms with Crippen LogP contribution < -0.4 is 16.0 Å². The number of para-hydroxylation sites is 1. The van der Waals surface area contributed by atoms with Gasteiger partial charge in [0.15, 0.2) is 5.96 Å². The monoisotopic (exact) mass is 456 g/mol. The summed E-state index contributed by atoms with van der Waals surface area (Å²) in [5, 5.41) is 8.74. The van der Waals surface area contributed by atoms with Gasteiger partial charge in [0.2, 0.25) is 5.91 Å². The van der Waals surface area contributed by atoms with Gasteiger partial charge in [-0.25, -0.2) is 9.38 Å². The molecule has 0 spiro atoms. The van der Waals surface area contributed by atoms with Gasteiger partial charge in [0.1, 0.15) is 5.82 Å². The molecule has 2 aromatic rings. The Kier molecular flexibility index (Phi) is 9.53. The Morgan fingerprint density at radius 1 is 1.04 bits per heavy atom. The molecule has 25 heavy (non-hydrogen) atoms. The van der Waals surface area contributed by atoms with Crippen LogP contribution in [0.5, 0.6) is 0 Å². The van der Waals surface area contributed by atoms with Crippen LogP contribution in [0.15, 0.2) is 59.6 Å². The lowest BCUT2D eigenvalue weighted by Gasteiger charge is -2.11. The second-order valence-electron chi connectivity index (χ2n) is 5.05. The molecular formula is C18H22FIN4O. The zero-order chi connectivity index (χ0) is 17.2. The lowest BCUT2D eigenvalue weighted by Crippen LogP contribution is -2.41. The van der Waals surface area contributed by atoms with Crippen LogP contribution in [0, 0.1) is 5.82 Å². The standard InChI is InChI=1S/C18H21FN4O.HI/c1-2-20-18(21-12-14-8-6-7-11-16(14)19)22-13-17(24)23-15-9-4-3-5-10-15;/h3-11H,2,12-13H2,1H3,(H,23,24)(H2,20,21,22);1H. The number of halogens is 2. The second-order valence-corrected chi connectivity index (χ2v) is 5.05. The van der Waals surface area contributed by atoms with Gasteiger partial charge >= 0.3 is 0 Å². The van der Waals surface area contributed by atoms with Crippen molar-refractivity contribution in [2.24, 2.45) is 4.99 Å². The Labute approximate surface area is 164 Å². The highest BCUT2D eigenvalue weighted by Crippen LogP contribution is 2.07. The number of nitrogens with one attached hydrogen (secondary N) is 3. The number of nitrogens with zero attached hydrogens (tertiary/aromatic N) is 1. The van der Waals surface area contributed by atoms with Crippen LogP contribution in [0.1, 0.15) is 12.5 Å². The first-order chi connectivity index (χ1) is 11.7. The molecule has 0 saturated carbocycles. The Balaban J connectivity index is 0.00000312. The van der Waals surface area contributed by atoms with Crippen molar-refractivity contribution >= 4 is 41.5 Å². The summed E-state index contributed by atoms with van der Waals surface area (Å²) in [6, 6.07) is 15.7. The summed E-state index contributed by atoms with van der Waals surface area (Å²) in [7, 11) is 0. The average Bonchev–Trinajstić information content (AvgIpc) is 2.59. The maximum atomic E-state index is 13.6. The van der Waals surface area contributed by atoms with Crippen molar-refractivity contribution in [3.8, 4) is 0 Å². The fraction of sp³-hybridized carbons (Fsp3) is 0.222. The predicted molar refractivity (Wildman–Crippen MR) is 110 cm³/mol. The number of hydrogen-bond acceptors (Lipinski definition) is 2. The third-order valence-electron chi connectivity index (χ3n) is 3.18. The number of guanidine groups is 1. The van der Waals surface area contributed by atoms with Gasteiger partial charge in [-0.05, 0) is 25.1 Å². The van der Waals surface area contributed by atoms with E-state index in [0.29, 0.717) is 18.1 Å². The largest absolute Gasteiger partial charge is 0.357 e. The molecule has 0 aromatic heterocycles. The van der Waals surface area contributed by atoms with Gasteiger partial charge < -0.3 is 16.0 Å². The van der Waals surface area contributed by atoms with E-state index in [9.17, 15) is 9.18 Å². The van der Waals surface area contributed by atoms with Crippen molar-refractivity contribution in [1.82, 2.24) is 10.6 Å². The Bertz CT molecular complexity index is 694. The van der Waals surface area contributed by atoms with Gasteiger partial charge in [-0.15, -0.1) is 24.0 Å². The van der Waals surface area contributed by atoms with Crippen LogP contribution in [0.3, 0.4) is 0 Å². The third kappa shape index (κ3) is 7.51. The fourth-order valence-electron chi connectivity index (χ4n) is 2.02. The average molecular weight is 456 g/mol. The van der Waals surface area contributed by atoms with Gasteiger partial charge in [-0.1, -0.05) is 36.4 Å². The van der Waals surface area contributed by atoms with E-state index < -0.39 is 0 Å². The summed E-state index contributed by atoms with van der Waals surface area (Å²) < 4.78 is 13.6. The third-order valence-corrected chi connectivity index (χ3v) is 3.18. The van der Waals surface area contributed by atoms with E-state index in [1.54, 1.807) is 18.2 Å². The van der Waals surface area contributed by atoms with E-state index in [2.05, 4.69) is 20.9 Å². The molecule has 0 aliphatic rings. The van der Waals surface area contributed by atoms with E-state index in [1.807, 2.05) is 37.3 Å². The van der Waals surface area contributed by atoms with E-state index in [-0.39, 0.29) is 48.8 Å². The van der Waals surface area contributed by atoms with Crippen LogP contribution in [0.2, 0.25) is 0 Å². The fourth-order valence-corrected chi connectivity index (χ4v) is 2.02. The first-order valence-corrected chi connectivity index (χ1v) is 7.79. The molecule has 0 atom stereocenters. The molecule has 2 rings (SSSR count). The number of amides is 1. The minimum atomic E-state index is -0.293. The van der Waals surface area contributed by atoms with Crippen LogP contribution in [-0.2, 0) is 11.3 Å². The second kappa shape index (κ2) is 11.4. The number of hydrogen-bond donors (Lipinski definition) is 3. The molecule has 0 fully saturated rings. The molecule has 7 heteroatoms. The summed E-state index contributed by atoms with van der Waals surface area (Å²) in [6.45, 7) is 2.83. The SMILES string of the molecule is CCNC(=NCc1ccccc1F)NCC(=O)Nc1ccccc1.I. The van der Waals surface area contributed by atoms with Crippen molar-refractivity contribution in [2.75, 3.05) is 18.4 Å². The van der Waals surface area contributed by atoms with E-state index >= 15 is 0 Å². The molecule has 2 aromatic carbocycles. The maximum Gasteiger partial charge on any atom is 0.243 e. The van der Waals surface area contributed by atoms with E-state index in [4.69, 9.17) is 0 Å². The first-order valence-electron chi connectivity index (χ1n) is 7.79. The van der Waals surface area contributed by atoms with Gasteiger partial charge in [-0.3, -0.25) is 4.79 Å². The summed E-state index contributed by atoms with van der Waals surface area (Å²) in [5.74, 6) is -0.0134. The zero-order valence-corrected chi connectivity index (χ0v) is 16.3. The highest BCUT2D eigenvalue weighted by Gasteiger charge is 2.05. The smallest absolute Gasteiger partial charge is 0.243 e. The van der Waals surface area contributed by atoms with Crippen LogP contribution in [0.4, 0.5) is 10.1 Å². The Hall–Kier alpha value is -2.16. The molecule has 0 aliphatic heterocycles. The molecule has 0 saturated heterocycles. The minimum Gasteiger partial charge on any atom is -0.357 e. The van der Waals surface area contributed by atoms with E-state index in [1.165, 1.54) is 6.07 Å². The summed E-state index contributed by atoms with van der Waals surface area (Å²) in [6.07, 6.45) is 0. The molecule has 0 aliphatic carbocycles. The Morgan fingerprint density at radius 2 is 1.72 bits per heavy atom. The molecule has 0 unspecified atom stereocenters. The quantitative estimate of drug-likeness (QED) is 0.356. The van der Waals surface area contributed by atoms with Gasteiger partial charge in [-0.2, -0.15) is 0 Å². The number of benzene rings is 2. The molecule has 3 N–H and O–H groups in total. The summed E-state index contributed by atoms with van der Waals surface area (Å²) in [5.41, 5.74) is 1.24. The molecule has 1 amide bonds. The maximum absolute atomic E-state index is 13.6. The number of aliphatic imine (C=N–C) groups is 1. The topological polar surface area (TPSA) is 65.5 Å². The first kappa shape index (κ1) is 20.9. The molecule has 0 bridgehead atoms. The van der Waals surface area contributed by atoms with Gasteiger partial charge in [0, 0.05) is 17.8 Å². The summed E-state index contributed by atoms with van der Waals surface area (Å²) >= 11 is 0. The lowest BCUT2D eigenvalue weighted by atomic mass is 10.2. The van der Waals surface area contributed by atoms with Crippen LogP contribution in [-0.4, -0.2) is 25.0 Å². The summed E-state index contributed by atoms with van der Waals surface area (Å²) in [4.78, 5) is 16.2. The van der Waals surface area contributed by atoms with Crippen molar-refractivity contribution in [2.45, 2.75) is 13.5 Å². The lowest BCUT2D eigenvalue weighted by molar-refractivity contribution is -0.115. The Morgan fingerprint density at radius 3 is 2.40 bits per heavy atom.